The predicted molar refractivity (Wildman–Crippen MR) is 74.8 cm³/mol. The Balaban J connectivity index is 2.38. The minimum Gasteiger partial charge on any atom is -0.394 e. The van der Waals surface area contributed by atoms with E-state index in [-0.39, 0.29) is 12.1 Å². The fourth-order valence-corrected chi connectivity index (χ4v) is 2.82. The van der Waals surface area contributed by atoms with Crippen molar-refractivity contribution in [3.05, 3.63) is 0 Å². The number of hydrogen-bond donors (Lipinski definition) is 2. The number of ether oxygens (including phenoxy) is 1. The van der Waals surface area contributed by atoms with Crippen molar-refractivity contribution in [3.63, 3.8) is 0 Å². The lowest BCUT2D eigenvalue weighted by Gasteiger charge is -2.39. The molecule has 2 N–H and O–H groups in total. The molecule has 0 aromatic carbocycles. The number of nitrogens with one attached hydrogen (secondary N) is 1. The van der Waals surface area contributed by atoms with E-state index >= 15 is 0 Å². The quantitative estimate of drug-likeness (QED) is 0.717. The molecule has 1 aliphatic heterocycles. The first-order valence-corrected chi connectivity index (χ1v) is 7.07. The molecule has 0 bridgehead atoms. The highest BCUT2D eigenvalue weighted by atomic mass is 16.5. The number of hydrogen-bond acceptors (Lipinski definition) is 4. The van der Waals surface area contributed by atoms with Gasteiger partial charge in [0.25, 0.3) is 0 Å². The van der Waals surface area contributed by atoms with E-state index in [0.717, 1.165) is 32.0 Å². The summed E-state index contributed by atoms with van der Waals surface area (Å²) in [5.41, 5.74) is -0.164. The summed E-state index contributed by atoms with van der Waals surface area (Å²) in [7, 11) is 3.71. The van der Waals surface area contributed by atoms with E-state index in [4.69, 9.17) is 4.74 Å². The molecule has 1 fully saturated rings. The number of likely N-dealkylation sites (tertiary alicyclic amines) is 1. The SMILES string of the molecule is CNC(C)(CO)CC(C)N1CCC(COC)CC1. The van der Waals surface area contributed by atoms with Crippen molar-refractivity contribution < 1.29 is 9.84 Å². The van der Waals surface area contributed by atoms with Gasteiger partial charge in [-0.3, -0.25) is 0 Å². The molecular formula is C14H30N2O2. The molecule has 0 aromatic heterocycles. The molecule has 4 heteroatoms. The number of methoxy groups -OCH3 is 1. The summed E-state index contributed by atoms with van der Waals surface area (Å²) < 4.78 is 5.23. The molecule has 0 aromatic rings. The molecule has 2 atom stereocenters. The lowest BCUT2D eigenvalue weighted by Crippen LogP contribution is -2.50. The van der Waals surface area contributed by atoms with Gasteiger partial charge in [0.2, 0.25) is 0 Å². The van der Waals surface area contributed by atoms with Gasteiger partial charge in [-0.05, 0) is 59.2 Å². The normalized spacial score (nSPS) is 23.8. The summed E-state index contributed by atoms with van der Waals surface area (Å²) in [6, 6.07) is 0.512. The van der Waals surface area contributed by atoms with Gasteiger partial charge in [-0.25, -0.2) is 0 Å². The largest absolute Gasteiger partial charge is 0.394 e. The van der Waals surface area contributed by atoms with Crippen LogP contribution in [0.4, 0.5) is 0 Å². The van der Waals surface area contributed by atoms with Gasteiger partial charge in [0.1, 0.15) is 0 Å². The molecule has 0 aliphatic carbocycles. The van der Waals surface area contributed by atoms with Crippen LogP contribution in [-0.4, -0.2) is 62.0 Å². The van der Waals surface area contributed by atoms with Gasteiger partial charge in [-0.1, -0.05) is 0 Å². The Labute approximate surface area is 112 Å². The first-order valence-electron chi connectivity index (χ1n) is 7.07. The fourth-order valence-electron chi connectivity index (χ4n) is 2.82. The minimum atomic E-state index is -0.164. The van der Waals surface area contributed by atoms with E-state index in [1.807, 2.05) is 7.05 Å². The zero-order valence-electron chi connectivity index (χ0n) is 12.4. The maximum atomic E-state index is 9.45. The second-order valence-corrected chi connectivity index (χ2v) is 5.96. The van der Waals surface area contributed by atoms with Crippen molar-refractivity contribution in [2.75, 3.05) is 40.5 Å². The van der Waals surface area contributed by atoms with Crippen molar-refractivity contribution >= 4 is 0 Å². The van der Waals surface area contributed by atoms with Crippen LogP contribution in [-0.2, 0) is 4.74 Å². The van der Waals surface area contributed by atoms with Crippen LogP contribution >= 0.6 is 0 Å². The molecule has 18 heavy (non-hydrogen) atoms. The molecule has 1 rings (SSSR count). The monoisotopic (exact) mass is 258 g/mol. The molecular weight excluding hydrogens is 228 g/mol. The van der Waals surface area contributed by atoms with Crippen LogP contribution in [0, 0.1) is 5.92 Å². The minimum absolute atomic E-state index is 0.164. The van der Waals surface area contributed by atoms with E-state index in [1.165, 1.54) is 12.8 Å². The zero-order valence-corrected chi connectivity index (χ0v) is 12.4. The second kappa shape index (κ2) is 7.43. The van der Waals surface area contributed by atoms with Gasteiger partial charge in [-0.15, -0.1) is 0 Å². The lowest BCUT2D eigenvalue weighted by atomic mass is 9.91. The number of rotatable bonds is 7. The van der Waals surface area contributed by atoms with Gasteiger partial charge in [0, 0.05) is 25.3 Å². The Morgan fingerprint density at radius 3 is 2.50 bits per heavy atom. The van der Waals surface area contributed by atoms with Gasteiger partial charge in [0.15, 0.2) is 0 Å². The van der Waals surface area contributed by atoms with Gasteiger partial charge in [0.05, 0.1) is 6.61 Å². The third-order valence-electron chi connectivity index (χ3n) is 4.37. The Kier molecular flexibility index (Phi) is 6.57. The summed E-state index contributed by atoms with van der Waals surface area (Å²) in [6.45, 7) is 7.74. The molecule has 0 saturated carbocycles. The Morgan fingerprint density at radius 1 is 1.44 bits per heavy atom. The van der Waals surface area contributed by atoms with Crippen LogP contribution in [0.5, 0.6) is 0 Å². The van der Waals surface area contributed by atoms with Crippen molar-refractivity contribution in [3.8, 4) is 0 Å². The van der Waals surface area contributed by atoms with Crippen LogP contribution in [0.1, 0.15) is 33.1 Å². The van der Waals surface area contributed by atoms with Gasteiger partial charge >= 0.3 is 0 Å². The number of aliphatic hydroxyl groups excluding tert-OH is 1. The third-order valence-corrected chi connectivity index (χ3v) is 4.37. The summed E-state index contributed by atoms with van der Waals surface area (Å²) in [5, 5.41) is 12.7. The molecule has 1 saturated heterocycles. The van der Waals surface area contributed by atoms with E-state index in [9.17, 15) is 5.11 Å². The van der Waals surface area contributed by atoms with E-state index in [2.05, 4.69) is 24.1 Å². The van der Waals surface area contributed by atoms with Crippen LogP contribution in [0.25, 0.3) is 0 Å². The van der Waals surface area contributed by atoms with Crippen LogP contribution in [0.3, 0.4) is 0 Å². The Bertz CT molecular complexity index is 224. The van der Waals surface area contributed by atoms with Crippen LogP contribution in [0.2, 0.25) is 0 Å². The molecule has 0 amide bonds. The van der Waals surface area contributed by atoms with Gasteiger partial charge < -0.3 is 20.1 Å². The second-order valence-electron chi connectivity index (χ2n) is 5.96. The molecule has 108 valence electrons. The predicted octanol–water partition coefficient (Wildman–Crippen LogP) is 1.09. The molecule has 0 spiro atoms. The van der Waals surface area contributed by atoms with E-state index in [0.29, 0.717) is 6.04 Å². The molecule has 4 nitrogen and oxygen atoms in total. The van der Waals surface area contributed by atoms with E-state index in [1.54, 1.807) is 7.11 Å². The average molecular weight is 258 g/mol. The number of aliphatic hydroxyl groups is 1. The first kappa shape index (κ1) is 15.9. The van der Waals surface area contributed by atoms with Crippen molar-refractivity contribution in [2.45, 2.75) is 44.7 Å². The molecule has 1 aliphatic rings. The summed E-state index contributed by atoms with van der Waals surface area (Å²) in [4.78, 5) is 2.54. The van der Waals surface area contributed by atoms with Crippen molar-refractivity contribution in [1.29, 1.82) is 0 Å². The number of nitrogens with zero attached hydrogens (tertiary/aromatic N) is 1. The highest BCUT2D eigenvalue weighted by Crippen LogP contribution is 2.22. The van der Waals surface area contributed by atoms with Crippen molar-refractivity contribution in [1.82, 2.24) is 10.2 Å². The highest BCUT2D eigenvalue weighted by molar-refractivity contribution is 4.87. The summed E-state index contributed by atoms with van der Waals surface area (Å²) in [5.74, 6) is 0.729. The Morgan fingerprint density at radius 2 is 2.06 bits per heavy atom. The average Bonchev–Trinajstić information content (AvgIpc) is 2.39. The zero-order chi connectivity index (χ0) is 13.6. The smallest absolute Gasteiger partial charge is 0.0611 e. The lowest BCUT2D eigenvalue weighted by molar-refractivity contribution is 0.0657. The number of piperidine rings is 1. The molecule has 2 unspecified atom stereocenters. The van der Waals surface area contributed by atoms with E-state index < -0.39 is 0 Å². The standard InChI is InChI=1S/C14H30N2O2/c1-12(9-14(2,11-17)15-3)16-7-5-13(6-8-16)10-18-4/h12-13,15,17H,5-11H2,1-4H3. The maximum Gasteiger partial charge on any atom is 0.0611 e. The van der Waals surface area contributed by atoms with Crippen molar-refractivity contribution in [2.24, 2.45) is 5.92 Å². The fraction of sp³-hybridized carbons (Fsp3) is 1.00. The maximum absolute atomic E-state index is 9.45. The summed E-state index contributed by atoms with van der Waals surface area (Å²) >= 11 is 0. The highest BCUT2D eigenvalue weighted by Gasteiger charge is 2.29. The van der Waals surface area contributed by atoms with Crippen LogP contribution in [0.15, 0.2) is 0 Å². The molecule has 1 heterocycles. The topological polar surface area (TPSA) is 44.7 Å². The van der Waals surface area contributed by atoms with Crippen LogP contribution < -0.4 is 5.32 Å². The van der Waals surface area contributed by atoms with Gasteiger partial charge in [-0.2, -0.15) is 0 Å². The first-order chi connectivity index (χ1) is 8.54. The Hall–Kier alpha value is -0.160. The molecule has 0 radical (unpaired) electrons. The number of likely N-dealkylation sites (N-methyl/N-ethyl adjacent to an activating group) is 1. The summed E-state index contributed by atoms with van der Waals surface area (Å²) in [6.07, 6.45) is 3.44. The third kappa shape index (κ3) is 4.50.